The van der Waals surface area contributed by atoms with Gasteiger partial charge in [0, 0.05) is 38.1 Å². The maximum absolute atomic E-state index is 11.9. The summed E-state index contributed by atoms with van der Waals surface area (Å²) in [6, 6.07) is 14.1. The van der Waals surface area contributed by atoms with Gasteiger partial charge < -0.3 is 19.5 Å². The third kappa shape index (κ3) is 4.82. The Bertz CT molecular complexity index is 1770. The van der Waals surface area contributed by atoms with Gasteiger partial charge in [-0.1, -0.05) is 12.7 Å². The molecule has 1 amide bonds. The Kier molecular flexibility index (Phi) is 6.24. The molecule has 1 aliphatic heterocycles. The first-order valence-electron chi connectivity index (χ1n) is 12.7. The van der Waals surface area contributed by atoms with Crippen LogP contribution in [0.5, 0.6) is 11.5 Å². The Balaban J connectivity index is 1.23. The number of aryl methyl sites for hydroxylation is 2. The lowest BCUT2D eigenvalue weighted by Crippen LogP contribution is -2.33. The number of hydrogen-bond donors (Lipinski definition) is 1. The summed E-state index contributed by atoms with van der Waals surface area (Å²) in [5, 5.41) is 4.56. The van der Waals surface area contributed by atoms with Crippen LogP contribution in [0.15, 0.2) is 79.9 Å². The van der Waals surface area contributed by atoms with E-state index in [1.165, 1.54) is 17.8 Å². The van der Waals surface area contributed by atoms with Crippen LogP contribution in [0.3, 0.4) is 0 Å². The Labute approximate surface area is 225 Å². The molecule has 0 saturated carbocycles. The zero-order valence-corrected chi connectivity index (χ0v) is 21.8. The molecule has 5 aromatic rings. The van der Waals surface area contributed by atoms with Crippen LogP contribution in [0.2, 0.25) is 0 Å². The van der Waals surface area contributed by atoms with Gasteiger partial charge in [-0.15, -0.1) is 0 Å². The van der Waals surface area contributed by atoms with Crippen molar-refractivity contribution in [2.45, 2.75) is 13.3 Å². The summed E-state index contributed by atoms with van der Waals surface area (Å²) in [6.07, 6.45) is 9.23. The minimum Gasteiger partial charge on any atom is -0.457 e. The van der Waals surface area contributed by atoms with Gasteiger partial charge in [0.05, 0.1) is 11.7 Å². The quantitative estimate of drug-likeness (QED) is 0.295. The number of ether oxygens (including phenoxy) is 1. The van der Waals surface area contributed by atoms with E-state index in [2.05, 4.69) is 43.5 Å². The van der Waals surface area contributed by atoms with Gasteiger partial charge >= 0.3 is 0 Å². The third-order valence-corrected chi connectivity index (χ3v) is 6.89. The Morgan fingerprint density at radius 2 is 2.03 bits per heavy atom. The summed E-state index contributed by atoms with van der Waals surface area (Å²) in [7, 11) is 2.02. The third-order valence-electron chi connectivity index (χ3n) is 6.89. The van der Waals surface area contributed by atoms with Crippen molar-refractivity contribution in [1.29, 1.82) is 0 Å². The highest BCUT2D eigenvalue weighted by atomic mass is 16.5. The number of anilines is 2. The number of carbonyl (C=O) groups excluding carboxylic acids is 1. The molecule has 9 heteroatoms. The van der Waals surface area contributed by atoms with Crippen LogP contribution >= 0.6 is 0 Å². The summed E-state index contributed by atoms with van der Waals surface area (Å²) in [5.41, 5.74) is 5.21. The molecule has 0 bridgehead atoms. The van der Waals surface area contributed by atoms with Gasteiger partial charge in [-0.05, 0) is 72.3 Å². The van der Waals surface area contributed by atoms with Crippen LogP contribution in [0, 0.1) is 6.92 Å². The largest absolute Gasteiger partial charge is 0.457 e. The zero-order chi connectivity index (χ0) is 26.9. The van der Waals surface area contributed by atoms with Crippen LogP contribution in [0.4, 0.5) is 11.5 Å². The van der Waals surface area contributed by atoms with Crippen molar-refractivity contribution in [3.63, 3.8) is 0 Å². The van der Waals surface area contributed by atoms with Crippen LogP contribution in [0.25, 0.3) is 27.5 Å². The highest BCUT2D eigenvalue weighted by Gasteiger charge is 2.18. The monoisotopic (exact) mass is 517 g/mol. The van der Waals surface area contributed by atoms with E-state index in [4.69, 9.17) is 9.72 Å². The molecule has 194 valence electrons. The molecule has 0 fully saturated rings. The van der Waals surface area contributed by atoms with Crippen molar-refractivity contribution < 1.29 is 9.53 Å². The first-order chi connectivity index (χ1) is 19.0. The van der Waals surface area contributed by atoms with Crippen LogP contribution in [0.1, 0.15) is 17.8 Å². The van der Waals surface area contributed by atoms with Gasteiger partial charge in [0.25, 0.3) is 0 Å². The van der Waals surface area contributed by atoms with Gasteiger partial charge in [0.2, 0.25) is 5.91 Å². The topological polar surface area (TPSA) is 98.1 Å². The highest BCUT2D eigenvalue weighted by Crippen LogP contribution is 2.31. The second-order valence-electron chi connectivity index (χ2n) is 9.47. The fraction of sp³-hybridized carbons (Fsp3) is 0.167. The second-order valence-corrected chi connectivity index (χ2v) is 9.47. The minimum absolute atomic E-state index is 0.0755. The number of carbonyl (C=O) groups is 1. The van der Waals surface area contributed by atoms with E-state index in [0.29, 0.717) is 42.2 Å². The molecule has 0 spiro atoms. The first-order valence-corrected chi connectivity index (χ1v) is 12.7. The van der Waals surface area contributed by atoms with E-state index in [1.807, 2.05) is 56.6 Å². The maximum Gasteiger partial charge on any atom is 0.246 e. The predicted octanol–water partition coefficient (Wildman–Crippen LogP) is 5.56. The van der Waals surface area contributed by atoms with E-state index >= 15 is 0 Å². The van der Waals surface area contributed by atoms with Crippen molar-refractivity contribution in [1.82, 2.24) is 29.4 Å². The van der Waals surface area contributed by atoms with Crippen LogP contribution < -0.4 is 10.1 Å². The Morgan fingerprint density at radius 1 is 1.13 bits per heavy atom. The van der Waals surface area contributed by atoms with E-state index in [0.717, 1.165) is 33.8 Å². The number of benzene rings is 2. The molecule has 0 atom stereocenters. The Morgan fingerprint density at radius 3 is 2.82 bits per heavy atom. The molecule has 6 rings (SSSR count). The van der Waals surface area contributed by atoms with Gasteiger partial charge in [-0.2, -0.15) is 0 Å². The van der Waals surface area contributed by atoms with Crippen LogP contribution in [-0.4, -0.2) is 48.4 Å². The predicted molar refractivity (Wildman–Crippen MR) is 152 cm³/mol. The van der Waals surface area contributed by atoms with E-state index in [-0.39, 0.29) is 5.91 Å². The number of fused-ring (bicyclic) bond motifs is 2. The number of amides is 1. The fourth-order valence-electron chi connectivity index (χ4n) is 4.71. The zero-order valence-electron chi connectivity index (χ0n) is 21.8. The van der Waals surface area contributed by atoms with Gasteiger partial charge in [0.15, 0.2) is 11.6 Å². The summed E-state index contributed by atoms with van der Waals surface area (Å²) in [6.45, 7) is 6.68. The number of hydrogen-bond acceptors (Lipinski definition) is 7. The number of nitrogens with zero attached hydrogens (tertiary/aromatic N) is 6. The summed E-state index contributed by atoms with van der Waals surface area (Å²) in [4.78, 5) is 31.7. The normalized spacial score (nSPS) is 13.4. The van der Waals surface area contributed by atoms with E-state index < -0.39 is 0 Å². The molecule has 0 unspecified atom stereocenters. The molecule has 9 nitrogen and oxygen atoms in total. The average Bonchev–Trinajstić information content (AvgIpc) is 3.34. The smallest absolute Gasteiger partial charge is 0.246 e. The van der Waals surface area contributed by atoms with Crippen molar-refractivity contribution in [3.05, 3.63) is 91.3 Å². The van der Waals surface area contributed by atoms with Crippen LogP contribution in [-0.2, 0) is 11.8 Å². The van der Waals surface area contributed by atoms with E-state index in [9.17, 15) is 4.79 Å². The lowest BCUT2D eigenvalue weighted by molar-refractivity contribution is -0.125. The highest BCUT2D eigenvalue weighted by molar-refractivity contribution is 5.89. The summed E-state index contributed by atoms with van der Waals surface area (Å²) >= 11 is 0. The molecule has 39 heavy (non-hydrogen) atoms. The molecule has 1 aliphatic rings. The maximum atomic E-state index is 11.9. The molecule has 4 heterocycles. The fourth-order valence-corrected chi connectivity index (χ4v) is 4.71. The Hall–Kier alpha value is -5.05. The SMILES string of the molecule is C=CC(=O)N1CC=C(c2ncc3ncnc(Nc4ccc(Oc5ccc6ccn(C)c6c5)c(C)c4)c3n2)CC1. The van der Waals surface area contributed by atoms with E-state index in [1.54, 1.807) is 11.1 Å². The second kappa shape index (κ2) is 10.0. The van der Waals surface area contributed by atoms with Crippen molar-refractivity contribution in [3.8, 4) is 11.5 Å². The number of nitrogens with one attached hydrogen (secondary N) is 1. The standard InChI is InChI=1S/C30H27N7O2/c1-4-27(38)37-13-10-21(11-14-37)29-31-17-24-28(35-29)30(33-18-32-24)34-22-6-8-26(19(2)15-22)39-23-7-5-20-9-12-36(3)25(20)16-23/h4-10,12,15-18H,1,11,13-14H2,2-3H3,(H,32,33,34). The lowest BCUT2D eigenvalue weighted by atomic mass is 10.1. The average molecular weight is 518 g/mol. The molecule has 0 radical (unpaired) electrons. The molecule has 2 aromatic carbocycles. The van der Waals surface area contributed by atoms with Crippen molar-refractivity contribution in [2.75, 3.05) is 18.4 Å². The molecule has 0 saturated heterocycles. The molecular formula is C30H27N7O2. The molecule has 3 aromatic heterocycles. The molecular weight excluding hydrogens is 490 g/mol. The summed E-state index contributed by atoms with van der Waals surface area (Å²) < 4.78 is 8.28. The number of aromatic nitrogens is 5. The number of rotatable bonds is 6. The van der Waals surface area contributed by atoms with Gasteiger partial charge in [0.1, 0.15) is 28.9 Å². The van der Waals surface area contributed by atoms with Gasteiger partial charge in [-0.25, -0.2) is 19.9 Å². The summed E-state index contributed by atoms with van der Waals surface area (Å²) in [5.74, 6) is 2.69. The minimum atomic E-state index is -0.0755. The molecule has 0 aliphatic carbocycles. The first kappa shape index (κ1) is 24.3. The van der Waals surface area contributed by atoms with Crippen molar-refractivity contribution in [2.24, 2.45) is 7.05 Å². The van der Waals surface area contributed by atoms with Crippen molar-refractivity contribution >= 4 is 44.9 Å². The van der Waals surface area contributed by atoms with Gasteiger partial charge in [-0.3, -0.25) is 4.79 Å². The lowest BCUT2D eigenvalue weighted by Gasteiger charge is -2.24. The molecule has 1 N–H and O–H groups in total.